The first kappa shape index (κ1) is 12.0. The van der Waals surface area contributed by atoms with E-state index < -0.39 is 0 Å². The van der Waals surface area contributed by atoms with Crippen molar-refractivity contribution in [2.75, 3.05) is 0 Å². The van der Waals surface area contributed by atoms with Crippen LogP contribution in [-0.2, 0) is 0 Å². The molecule has 0 heterocycles. The molecule has 0 amide bonds. The number of rotatable bonds is 1. The van der Waals surface area contributed by atoms with Gasteiger partial charge < -0.3 is 0 Å². The van der Waals surface area contributed by atoms with Gasteiger partial charge in [0, 0.05) is 0 Å². The SMILES string of the molecule is C.CCC1(C(C)(C)C)CCCC1. The smallest absolute Gasteiger partial charge is 0.0251 e. The Bertz CT molecular complexity index is 121. The highest BCUT2D eigenvalue weighted by Crippen LogP contribution is 2.53. The van der Waals surface area contributed by atoms with Gasteiger partial charge in [0.2, 0.25) is 0 Å². The van der Waals surface area contributed by atoms with E-state index >= 15 is 0 Å². The summed E-state index contributed by atoms with van der Waals surface area (Å²) in [4.78, 5) is 0. The Hall–Kier alpha value is 0. The van der Waals surface area contributed by atoms with Crippen LogP contribution in [0.4, 0.5) is 0 Å². The summed E-state index contributed by atoms with van der Waals surface area (Å²) in [6, 6.07) is 0. The van der Waals surface area contributed by atoms with Crippen molar-refractivity contribution in [3.63, 3.8) is 0 Å². The third kappa shape index (κ3) is 1.84. The van der Waals surface area contributed by atoms with Gasteiger partial charge in [-0.25, -0.2) is 0 Å². The van der Waals surface area contributed by atoms with E-state index in [-0.39, 0.29) is 7.43 Å². The van der Waals surface area contributed by atoms with Gasteiger partial charge >= 0.3 is 0 Å². The molecule has 0 bridgehead atoms. The van der Waals surface area contributed by atoms with E-state index in [1.165, 1.54) is 32.1 Å². The predicted octanol–water partition coefficient (Wildman–Crippen LogP) is 4.64. The fraction of sp³-hybridized carbons (Fsp3) is 1.00. The fourth-order valence-corrected chi connectivity index (χ4v) is 2.69. The Morgan fingerprint density at radius 2 is 1.50 bits per heavy atom. The molecule has 1 aliphatic carbocycles. The van der Waals surface area contributed by atoms with Crippen molar-refractivity contribution in [1.82, 2.24) is 0 Å². The fourth-order valence-electron chi connectivity index (χ4n) is 2.69. The first-order chi connectivity index (χ1) is 5.02. The maximum absolute atomic E-state index is 2.40. The first-order valence-electron chi connectivity index (χ1n) is 5.02. The molecule has 0 aromatic carbocycles. The summed E-state index contributed by atoms with van der Waals surface area (Å²) >= 11 is 0. The molecule has 0 saturated heterocycles. The molecule has 1 rings (SSSR count). The van der Waals surface area contributed by atoms with Gasteiger partial charge in [0.05, 0.1) is 0 Å². The van der Waals surface area contributed by atoms with E-state index in [9.17, 15) is 0 Å². The van der Waals surface area contributed by atoms with E-state index in [1.54, 1.807) is 0 Å². The van der Waals surface area contributed by atoms with Gasteiger partial charge in [-0.3, -0.25) is 0 Å². The molecule has 0 unspecified atom stereocenters. The molecule has 0 atom stereocenters. The molecule has 0 aliphatic heterocycles. The summed E-state index contributed by atoms with van der Waals surface area (Å²) in [6.45, 7) is 9.57. The zero-order valence-corrected chi connectivity index (χ0v) is 8.54. The second kappa shape index (κ2) is 3.81. The maximum atomic E-state index is 2.40. The molecule has 1 fully saturated rings. The molecule has 74 valence electrons. The van der Waals surface area contributed by atoms with Gasteiger partial charge in [-0.05, 0) is 30.1 Å². The summed E-state index contributed by atoms with van der Waals surface area (Å²) in [5.74, 6) is 0. The summed E-state index contributed by atoms with van der Waals surface area (Å²) in [5.41, 5.74) is 1.20. The zero-order chi connectivity index (χ0) is 8.54. The van der Waals surface area contributed by atoms with E-state index in [1.807, 2.05) is 0 Å². The highest BCUT2D eigenvalue weighted by molar-refractivity contribution is 4.92. The predicted molar refractivity (Wildman–Crippen MR) is 57.4 cm³/mol. The second-order valence-electron chi connectivity index (χ2n) is 5.09. The van der Waals surface area contributed by atoms with Crippen molar-refractivity contribution in [3.8, 4) is 0 Å². The Morgan fingerprint density at radius 1 is 1.08 bits per heavy atom. The summed E-state index contributed by atoms with van der Waals surface area (Å²) in [6.07, 6.45) is 7.23. The number of hydrogen-bond donors (Lipinski definition) is 0. The highest BCUT2D eigenvalue weighted by atomic mass is 14.5. The van der Waals surface area contributed by atoms with Crippen LogP contribution in [0.2, 0.25) is 0 Å². The van der Waals surface area contributed by atoms with Crippen molar-refractivity contribution in [3.05, 3.63) is 0 Å². The lowest BCUT2D eigenvalue weighted by Crippen LogP contribution is -2.32. The monoisotopic (exact) mass is 170 g/mol. The zero-order valence-electron chi connectivity index (χ0n) is 8.54. The first-order valence-corrected chi connectivity index (χ1v) is 5.02. The van der Waals surface area contributed by atoms with Crippen molar-refractivity contribution in [1.29, 1.82) is 0 Å². The van der Waals surface area contributed by atoms with Gasteiger partial charge in [0.15, 0.2) is 0 Å². The summed E-state index contributed by atoms with van der Waals surface area (Å²) in [7, 11) is 0. The molecular formula is C12H26. The third-order valence-corrected chi connectivity index (χ3v) is 3.83. The molecule has 0 aromatic heterocycles. The topological polar surface area (TPSA) is 0 Å². The van der Waals surface area contributed by atoms with Crippen molar-refractivity contribution < 1.29 is 0 Å². The van der Waals surface area contributed by atoms with Crippen LogP contribution in [0.3, 0.4) is 0 Å². The minimum atomic E-state index is 0. The lowest BCUT2D eigenvalue weighted by molar-refractivity contribution is 0.0881. The van der Waals surface area contributed by atoms with Gasteiger partial charge in [0.25, 0.3) is 0 Å². The van der Waals surface area contributed by atoms with Gasteiger partial charge in [-0.15, -0.1) is 0 Å². The molecule has 0 aromatic rings. The molecule has 0 nitrogen and oxygen atoms in total. The molecule has 1 aliphatic rings. The van der Waals surface area contributed by atoms with Crippen molar-refractivity contribution >= 4 is 0 Å². The van der Waals surface area contributed by atoms with Crippen LogP contribution in [-0.4, -0.2) is 0 Å². The van der Waals surface area contributed by atoms with Gasteiger partial charge in [-0.1, -0.05) is 48.0 Å². The lowest BCUT2D eigenvalue weighted by Gasteiger charge is -2.41. The number of hydrogen-bond acceptors (Lipinski definition) is 0. The standard InChI is InChI=1S/C11H22.CH4/c1-5-11(10(2,3)4)8-6-7-9-11;/h5-9H2,1-4H3;1H4. The molecule has 0 N–H and O–H groups in total. The van der Waals surface area contributed by atoms with Gasteiger partial charge in [-0.2, -0.15) is 0 Å². The molecule has 1 saturated carbocycles. The molecule has 0 radical (unpaired) electrons. The summed E-state index contributed by atoms with van der Waals surface area (Å²) in [5, 5.41) is 0. The molecule has 0 spiro atoms. The van der Waals surface area contributed by atoms with E-state index in [4.69, 9.17) is 0 Å². The summed E-state index contributed by atoms with van der Waals surface area (Å²) < 4.78 is 0. The quantitative estimate of drug-likeness (QED) is 0.538. The average Bonchev–Trinajstić information content (AvgIpc) is 2.33. The molecule has 12 heavy (non-hydrogen) atoms. The van der Waals surface area contributed by atoms with Crippen LogP contribution in [0.15, 0.2) is 0 Å². The lowest BCUT2D eigenvalue weighted by atomic mass is 9.64. The van der Waals surface area contributed by atoms with E-state index in [2.05, 4.69) is 27.7 Å². The van der Waals surface area contributed by atoms with Crippen LogP contribution < -0.4 is 0 Å². The third-order valence-electron chi connectivity index (χ3n) is 3.83. The second-order valence-corrected chi connectivity index (χ2v) is 5.09. The molecule has 0 heteroatoms. The normalized spacial score (nSPS) is 22.0. The van der Waals surface area contributed by atoms with Crippen molar-refractivity contribution in [2.45, 2.75) is 67.2 Å². The van der Waals surface area contributed by atoms with Crippen LogP contribution in [0.25, 0.3) is 0 Å². The average molecular weight is 170 g/mol. The van der Waals surface area contributed by atoms with Crippen LogP contribution in [0, 0.1) is 10.8 Å². The minimum absolute atomic E-state index is 0. The largest absolute Gasteiger partial charge is 0.0776 e. The van der Waals surface area contributed by atoms with Crippen molar-refractivity contribution in [2.24, 2.45) is 10.8 Å². The van der Waals surface area contributed by atoms with Crippen LogP contribution >= 0.6 is 0 Å². The molecular weight excluding hydrogens is 144 g/mol. The Labute approximate surface area is 78.8 Å². The van der Waals surface area contributed by atoms with E-state index in [0.29, 0.717) is 10.8 Å². The Morgan fingerprint density at radius 3 is 1.67 bits per heavy atom. The van der Waals surface area contributed by atoms with Gasteiger partial charge in [0.1, 0.15) is 0 Å². The minimum Gasteiger partial charge on any atom is -0.0776 e. The maximum Gasteiger partial charge on any atom is -0.0251 e. The van der Waals surface area contributed by atoms with E-state index in [0.717, 1.165) is 0 Å². The van der Waals surface area contributed by atoms with Crippen LogP contribution in [0.1, 0.15) is 67.2 Å². The van der Waals surface area contributed by atoms with Crippen LogP contribution in [0.5, 0.6) is 0 Å². The highest BCUT2D eigenvalue weighted by Gasteiger charge is 2.41. The Balaban J connectivity index is 0.00000121. The Kier molecular flexibility index (Phi) is 3.81.